The molecule has 1 aliphatic rings. The van der Waals surface area contributed by atoms with Crippen molar-refractivity contribution in [3.63, 3.8) is 0 Å². The van der Waals surface area contributed by atoms with Crippen molar-refractivity contribution in [1.82, 2.24) is 4.57 Å². The van der Waals surface area contributed by atoms with Gasteiger partial charge >= 0.3 is 0 Å². The Labute approximate surface area is 262 Å². The second-order valence-corrected chi connectivity index (χ2v) is 11.0. The number of phenolic OH excluding ortho intramolecular Hbond substituents is 1. The number of nitrogens with one attached hydrogen (secondary N) is 1. The maximum absolute atomic E-state index is 14.1. The summed E-state index contributed by atoms with van der Waals surface area (Å²) in [6.07, 6.45) is 7.02. The van der Waals surface area contributed by atoms with Crippen LogP contribution < -0.4 is 34.4 Å². The Kier molecular flexibility index (Phi) is 9.09. The van der Waals surface area contributed by atoms with Gasteiger partial charge in [-0.25, -0.2) is 4.99 Å². The van der Waals surface area contributed by atoms with Crippen LogP contribution in [0.4, 0.5) is 5.69 Å². The number of hydrogen-bond acceptors (Lipinski definition) is 8. The summed E-state index contributed by atoms with van der Waals surface area (Å²) in [6.45, 7) is 3.93. The van der Waals surface area contributed by atoms with Gasteiger partial charge in [0.15, 0.2) is 27.8 Å². The first-order valence-electron chi connectivity index (χ1n) is 13.5. The van der Waals surface area contributed by atoms with Crippen molar-refractivity contribution in [2.24, 2.45) is 4.99 Å². The Morgan fingerprint density at radius 2 is 1.95 bits per heavy atom. The van der Waals surface area contributed by atoms with Crippen LogP contribution in [0.5, 0.6) is 23.0 Å². The first-order chi connectivity index (χ1) is 21.2. The number of hydrogen-bond donors (Lipinski definition) is 2. The number of terminal acetylenes is 1. The average Bonchev–Trinajstić information content (AvgIpc) is 3.30. The van der Waals surface area contributed by atoms with Crippen molar-refractivity contribution >= 4 is 40.6 Å². The van der Waals surface area contributed by atoms with Crippen LogP contribution in [-0.2, 0) is 4.79 Å². The highest BCUT2D eigenvalue weighted by Crippen LogP contribution is 2.38. The number of ether oxygens (including phenoxy) is 3. The van der Waals surface area contributed by atoms with E-state index in [9.17, 15) is 14.7 Å². The lowest BCUT2D eigenvalue weighted by Gasteiger charge is -2.25. The highest BCUT2D eigenvalue weighted by Gasteiger charge is 2.33. The van der Waals surface area contributed by atoms with Gasteiger partial charge in [-0.3, -0.25) is 14.2 Å². The van der Waals surface area contributed by atoms with E-state index in [1.54, 1.807) is 49.4 Å². The van der Waals surface area contributed by atoms with E-state index in [1.807, 2.05) is 25.1 Å². The number of phenols is 1. The number of carbonyl (C=O) groups is 1. The lowest BCUT2D eigenvalue weighted by molar-refractivity contribution is -0.113. The van der Waals surface area contributed by atoms with Crippen LogP contribution in [0.15, 0.2) is 81.7 Å². The van der Waals surface area contributed by atoms with Crippen molar-refractivity contribution in [1.29, 1.82) is 0 Å². The molecular weight excluding hydrogens is 602 g/mol. The number of anilines is 1. The van der Waals surface area contributed by atoms with Crippen LogP contribution in [0.25, 0.3) is 6.08 Å². The summed E-state index contributed by atoms with van der Waals surface area (Å²) in [5.41, 5.74) is 2.09. The fraction of sp³-hybridized carbons (Fsp3) is 0.182. The van der Waals surface area contributed by atoms with Gasteiger partial charge in [0.1, 0.15) is 6.61 Å². The van der Waals surface area contributed by atoms with Gasteiger partial charge in [0.25, 0.3) is 11.5 Å². The third-order valence-electron chi connectivity index (χ3n) is 6.75. The Morgan fingerprint density at radius 1 is 1.18 bits per heavy atom. The molecule has 1 aromatic heterocycles. The summed E-state index contributed by atoms with van der Waals surface area (Å²) in [5.74, 6) is 2.82. The largest absolute Gasteiger partial charge is 0.504 e. The zero-order valence-electron chi connectivity index (χ0n) is 24.1. The minimum Gasteiger partial charge on any atom is -0.504 e. The standard InChI is InChI=1S/C33H28ClN3O6S/c1-5-14-43-30-23(34)15-20(16-26(30)42-6-2)17-27-32(40)37-29(21-12-13-24(38)25(18-21)41-4)28(19(3)35-33(37)44-27)31(39)36-22-10-8-7-9-11-22/h1,7-13,15-18,29,38H,6,14H2,2-4H3,(H,36,39)/b27-17-/t29-/m1/s1. The van der Waals surface area contributed by atoms with E-state index in [-0.39, 0.29) is 34.3 Å². The second-order valence-electron chi connectivity index (χ2n) is 9.59. The summed E-state index contributed by atoms with van der Waals surface area (Å²) in [6, 6.07) is 16.2. The number of thiazole rings is 1. The maximum Gasteiger partial charge on any atom is 0.271 e. The molecule has 3 aromatic carbocycles. The molecule has 1 atom stereocenters. The molecule has 1 amide bonds. The predicted molar refractivity (Wildman–Crippen MR) is 170 cm³/mol. The SMILES string of the molecule is C#CCOc1c(Cl)cc(/C=c2\sc3n(c2=O)[C@H](c2ccc(O)c(OC)c2)C(C(=O)Nc2ccccc2)=C(C)N=3)cc1OCC. The molecule has 0 saturated carbocycles. The molecule has 9 nitrogen and oxygen atoms in total. The third-order valence-corrected chi connectivity index (χ3v) is 8.01. The van der Waals surface area contributed by atoms with Gasteiger partial charge < -0.3 is 24.6 Å². The Hall–Kier alpha value is -4.98. The molecule has 44 heavy (non-hydrogen) atoms. The summed E-state index contributed by atoms with van der Waals surface area (Å²) in [5, 5.41) is 13.5. The number of allylic oxidation sites excluding steroid dienone is 1. The van der Waals surface area contributed by atoms with E-state index in [4.69, 9.17) is 32.2 Å². The number of halogens is 1. The lowest BCUT2D eigenvalue weighted by Crippen LogP contribution is -2.40. The monoisotopic (exact) mass is 629 g/mol. The lowest BCUT2D eigenvalue weighted by atomic mass is 9.94. The van der Waals surface area contributed by atoms with Gasteiger partial charge in [0, 0.05) is 5.69 Å². The van der Waals surface area contributed by atoms with Gasteiger partial charge in [0.2, 0.25) is 0 Å². The molecule has 0 fully saturated rings. The number of rotatable bonds is 9. The van der Waals surface area contributed by atoms with Gasteiger partial charge in [-0.1, -0.05) is 53.1 Å². The zero-order valence-corrected chi connectivity index (χ0v) is 25.7. The molecule has 0 unspecified atom stereocenters. The first-order valence-corrected chi connectivity index (χ1v) is 14.7. The number of para-hydroxylation sites is 1. The molecule has 1 aliphatic heterocycles. The Morgan fingerprint density at radius 3 is 2.66 bits per heavy atom. The Bertz CT molecular complexity index is 1990. The number of fused-ring (bicyclic) bond motifs is 1. The summed E-state index contributed by atoms with van der Waals surface area (Å²) in [7, 11) is 1.43. The summed E-state index contributed by atoms with van der Waals surface area (Å²) < 4.78 is 18.5. The number of aromatic hydroxyl groups is 1. The quantitative estimate of drug-likeness (QED) is 0.261. The van der Waals surface area contributed by atoms with Gasteiger partial charge in [-0.05, 0) is 67.4 Å². The van der Waals surface area contributed by atoms with Crippen molar-refractivity contribution in [2.45, 2.75) is 19.9 Å². The predicted octanol–water partition coefficient (Wildman–Crippen LogP) is 4.65. The van der Waals surface area contributed by atoms with E-state index in [1.165, 1.54) is 29.1 Å². The van der Waals surface area contributed by atoms with E-state index in [2.05, 4.69) is 16.2 Å². The van der Waals surface area contributed by atoms with Gasteiger partial charge in [0.05, 0.1) is 40.6 Å². The fourth-order valence-corrected chi connectivity index (χ4v) is 6.17. The number of benzene rings is 3. The molecule has 0 aliphatic carbocycles. The maximum atomic E-state index is 14.1. The summed E-state index contributed by atoms with van der Waals surface area (Å²) >= 11 is 7.69. The van der Waals surface area contributed by atoms with E-state index in [0.29, 0.717) is 50.0 Å². The van der Waals surface area contributed by atoms with Crippen molar-refractivity contribution < 1.29 is 24.1 Å². The topological polar surface area (TPSA) is 111 Å². The molecule has 0 bridgehead atoms. The van der Waals surface area contributed by atoms with Crippen molar-refractivity contribution in [2.75, 3.05) is 25.6 Å². The van der Waals surface area contributed by atoms with E-state index < -0.39 is 11.9 Å². The van der Waals surface area contributed by atoms with Crippen LogP contribution >= 0.6 is 22.9 Å². The Balaban J connectivity index is 1.67. The third kappa shape index (κ3) is 6.06. The number of methoxy groups -OCH3 is 1. The molecule has 0 saturated heterocycles. The van der Waals surface area contributed by atoms with Crippen LogP contribution in [0.3, 0.4) is 0 Å². The normalized spacial score (nSPS) is 14.3. The molecule has 11 heteroatoms. The second kappa shape index (κ2) is 13.1. The molecular formula is C33H28ClN3O6S. The van der Waals surface area contributed by atoms with Crippen LogP contribution in [-0.4, -0.2) is 35.9 Å². The van der Waals surface area contributed by atoms with E-state index >= 15 is 0 Å². The highest BCUT2D eigenvalue weighted by atomic mass is 35.5. The minimum atomic E-state index is -0.867. The van der Waals surface area contributed by atoms with E-state index in [0.717, 1.165) is 0 Å². The smallest absolute Gasteiger partial charge is 0.271 e. The van der Waals surface area contributed by atoms with Crippen molar-refractivity contribution in [3.8, 4) is 35.3 Å². The molecule has 0 spiro atoms. The zero-order chi connectivity index (χ0) is 31.4. The highest BCUT2D eigenvalue weighted by molar-refractivity contribution is 7.07. The molecule has 0 radical (unpaired) electrons. The van der Waals surface area contributed by atoms with Crippen molar-refractivity contribution in [3.05, 3.63) is 108 Å². The number of carbonyl (C=O) groups excluding carboxylic acids is 1. The number of amides is 1. The molecule has 4 aromatic rings. The molecule has 5 rings (SSSR count). The van der Waals surface area contributed by atoms with Gasteiger partial charge in [-0.15, -0.1) is 6.42 Å². The molecule has 2 heterocycles. The average molecular weight is 630 g/mol. The van der Waals surface area contributed by atoms with Crippen LogP contribution in [0, 0.1) is 12.3 Å². The number of nitrogens with zero attached hydrogens (tertiary/aromatic N) is 2. The molecule has 224 valence electrons. The fourth-order valence-electron chi connectivity index (χ4n) is 4.85. The van der Waals surface area contributed by atoms with Crippen LogP contribution in [0.1, 0.15) is 31.0 Å². The molecule has 2 N–H and O–H groups in total. The van der Waals surface area contributed by atoms with Crippen LogP contribution in [0.2, 0.25) is 5.02 Å². The minimum absolute atomic E-state index is 0.0132. The first kappa shape index (κ1) is 30.5. The summed E-state index contributed by atoms with van der Waals surface area (Å²) in [4.78, 5) is 32.9. The number of aromatic nitrogens is 1. The van der Waals surface area contributed by atoms with Gasteiger partial charge in [-0.2, -0.15) is 0 Å².